The van der Waals surface area contributed by atoms with Crippen molar-refractivity contribution in [2.24, 2.45) is 0 Å². The van der Waals surface area contributed by atoms with Crippen molar-refractivity contribution in [1.29, 1.82) is 0 Å². The molecule has 4 rings (SSSR count). The average molecular weight is 372 g/mol. The van der Waals surface area contributed by atoms with Crippen molar-refractivity contribution < 1.29 is 9.90 Å². The molecule has 0 spiro atoms. The van der Waals surface area contributed by atoms with E-state index < -0.39 is 0 Å². The van der Waals surface area contributed by atoms with E-state index >= 15 is 0 Å². The number of carbonyl (C=O) groups is 1. The number of hydrogen-bond acceptors (Lipinski definition) is 3. The lowest BCUT2D eigenvalue weighted by Gasteiger charge is -2.36. The van der Waals surface area contributed by atoms with Gasteiger partial charge in [-0.3, -0.25) is 9.69 Å². The summed E-state index contributed by atoms with van der Waals surface area (Å²) in [6.07, 6.45) is 0.703. The minimum Gasteiger partial charge on any atom is -0.508 e. The summed E-state index contributed by atoms with van der Waals surface area (Å²) in [5, 5.41) is 12.6. The molecule has 0 bridgehead atoms. The van der Waals surface area contributed by atoms with Gasteiger partial charge in [0.1, 0.15) is 5.75 Å². The predicted octanol–water partition coefficient (Wildman–Crippen LogP) is 3.64. The van der Waals surface area contributed by atoms with Crippen LogP contribution in [0.4, 0.5) is 0 Å². The highest BCUT2D eigenvalue weighted by Crippen LogP contribution is 2.25. The number of rotatable bonds is 5. The fourth-order valence-corrected chi connectivity index (χ4v) is 3.74. The zero-order chi connectivity index (χ0) is 19.3. The summed E-state index contributed by atoms with van der Waals surface area (Å²) >= 11 is 0. The molecule has 4 nitrogen and oxygen atoms in total. The summed E-state index contributed by atoms with van der Waals surface area (Å²) in [6, 6.07) is 25.3. The van der Waals surface area contributed by atoms with Crippen LogP contribution in [0.3, 0.4) is 0 Å². The van der Waals surface area contributed by atoms with E-state index in [-0.39, 0.29) is 17.7 Å². The summed E-state index contributed by atoms with van der Waals surface area (Å²) < 4.78 is 0. The number of nitrogens with zero attached hydrogens (tertiary/aromatic N) is 1. The number of benzene rings is 3. The normalized spacial score (nSPS) is 16.4. The number of phenolic OH excluding ortho intramolecular Hbond substituents is 1. The quantitative estimate of drug-likeness (QED) is 0.719. The summed E-state index contributed by atoms with van der Waals surface area (Å²) in [5.74, 6) is 0.307. The number of nitrogens with one attached hydrogen (secondary N) is 1. The van der Waals surface area contributed by atoms with Crippen LogP contribution in [0, 0.1) is 0 Å². The van der Waals surface area contributed by atoms with Gasteiger partial charge in [-0.25, -0.2) is 0 Å². The molecule has 0 aromatic heterocycles. The maximum atomic E-state index is 13.0. The van der Waals surface area contributed by atoms with Gasteiger partial charge in [-0.1, -0.05) is 66.7 Å². The Bertz CT molecular complexity index is 938. The van der Waals surface area contributed by atoms with Crippen LogP contribution in [0.15, 0.2) is 78.9 Å². The van der Waals surface area contributed by atoms with Gasteiger partial charge in [-0.05, 0) is 40.8 Å². The Morgan fingerprint density at radius 1 is 0.893 bits per heavy atom. The van der Waals surface area contributed by atoms with Gasteiger partial charge in [0, 0.05) is 19.6 Å². The molecular formula is C24H24N2O2. The van der Waals surface area contributed by atoms with Crippen LogP contribution >= 0.6 is 0 Å². The van der Waals surface area contributed by atoms with Gasteiger partial charge < -0.3 is 10.4 Å². The summed E-state index contributed by atoms with van der Waals surface area (Å²) in [5.41, 5.74) is 4.69. The molecule has 2 N–H and O–H groups in total. The average Bonchev–Trinajstić information content (AvgIpc) is 2.74. The van der Waals surface area contributed by atoms with E-state index in [9.17, 15) is 9.90 Å². The molecule has 0 fully saturated rings. The monoisotopic (exact) mass is 372 g/mol. The second-order valence-electron chi connectivity index (χ2n) is 7.26. The molecule has 0 unspecified atom stereocenters. The third-order valence-corrected chi connectivity index (χ3v) is 5.28. The highest BCUT2D eigenvalue weighted by Gasteiger charge is 2.31. The van der Waals surface area contributed by atoms with E-state index in [1.165, 1.54) is 11.1 Å². The third-order valence-electron chi connectivity index (χ3n) is 5.28. The largest absolute Gasteiger partial charge is 0.508 e. The Labute approximate surface area is 165 Å². The first-order valence-corrected chi connectivity index (χ1v) is 9.59. The lowest BCUT2D eigenvalue weighted by molar-refractivity contribution is -0.127. The van der Waals surface area contributed by atoms with Gasteiger partial charge in [0.05, 0.1) is 6.04 Å². The molecule has 3 aromatic carbocycles. The molecule has 1 heterocycles. The molecule has 0 aliphatic carbocycles. The van der Waals surface area contributed by atoms with E-state index in [1.807, 2.05) is 54.6 Å². The first kappa shape index (κ1) is 18.3. The van der Waals surface area contributed by atoms with E-state index in [0.717, 1.165) is 17.7 Å². The van der Waals surface area contributed by atoms with E-state index in [2.05, 4.69) is 22.3 Å². The molecule has 1 atom stereocenters. The fourth-order valence-electron chi connectivity index (χ4n) is 3.74. The molecule has 3 aromatic rings. The van der Waals surface area contributed by atoms with Crippen LogP contribution in [-0.4, -0.2) is 22.0 Å². The SMILES string of the molecule is O=C(NCc1ccccc1)[C@@H]1Cc2ccccc2CN1Cc1ccc(O)cc1. The van der Waals surface area contributed by atoms with Crippen molar-refractivity contribution in [2.75, 3.05) is 0 Å². The van der Waals surface area contributed by atoms with Gasteiger partial charge in [0.15, 0.2) is 0 Å². The molecule has 1 aliphatic heterocycles. The van der Waals surface area contributed by atoms with Crippen molar-refractivity contribution in [3.63, 3.8) is 0 Å². The lowest BCUT2D eigenvalue weighted by atomic mass is 9.93. The van der Waals surface area contributed by atoms with Crippen LogP contribution < -0.4 is 5.32 Å². The highest BCUT2D eigenvalue weighted by molar-refractivity contribution is 5.82. The van der Waals surface area contributed by atoms with Gasteiger partial charge in [0.2, 0.25) is 5.91 Å². The standard InChI is InChI=1S/C24H24N2O2/c27-22-12-10-19(11-13-22)16-26-17-21-9-5-4-8-20(21)14-23(26)24(28)25-15-18-6-2-1-3-7-18/h1-13,23,27H,14-17H2,(H,25,28)/t23-/m0/s1. The van der Waals surface area contributed by atoms with Crippen molar-refractivity contribution >= 4 is 5.91 Å². The minimum atomic E-state index is -0.215. The Morgan fingerprint density at radius 3 is 2.32 bits per heavy atom. The van der Waals surface area contributed by atoms with E-state index in [1.54, 1.807) is 12.1 Å². The molecule has 0 radical (unpaired) electrons. The number of phenols is 1. The van der Waals surface area contributed by atoms with Crippen molar-refractivity contribution in [3.05, 3.63) is 101 Å². The molecular weight excluding hydrogens is 348 g/mol. The Morgan fingerprint density at radius 2 is 1.57 bits per heavy atom. The van der Waals surface area contributed by atoms with Crippen molar-refractivity contribution in [3.8, 4) is 5.75 Å². The predicted molar refractivity (Wildman–Crippen MR) is 110 cm³/mol. The Balaban J connectivity index is 1.52. The van der Waals surface area contributed by atoms with Crippen LogP contribution in [0.2, 0.25) is 0 Å². The summed E-state index contributed by atoms with van der Waals surface area (Å²) in [4.78, 5) is 15.3. The van der Waals surface area contributed by atoms with E-state index in [4.69, 9.17) is 0 Å². The molecule has 0 saturated heterocycles. The second-order valence-corrected chi connectivity index (χ2v) is 7.26. The number of hydrogen-bond donors (Lipinski definition) is 2. The smallest absolute Gasteiger partial charge is 0.237 e. The van der Waals surface area contributed by atoms with Crippen molar-refractivity contribution in [1.82, 2.24) is 10.2 Å². The van der Waals surface area contributed by atoms with Crippen molar-refractivity contribution in [2.45, 2.75) is 32.1 Å². The van der Waals surface area contributed by atoms with Crippen LogP contribution in [-0.2, 0) is 30.8 Å². The molecule has 4 heteroatoms. The number of aromatic hydroxyl groups is 1. The Hall–Kier alpha value is -3.11. The van der Waals surface area contributed by atoms with Crippen LogP contribution in [0.25, 0.3) is 0 Å². The van der Waals surface area contributed by atoms with Gasteiger partial charge in [0.25, 0.3) is 0 Å². The molecule has 142 valence electrons. The third kappa shape index (κ3) is 4.24. The topological polar surface area (TPSA) is 52.6 Å². The minimum absolute atomic E-state index is 0.0529. The summed E-state index contributed by atoms with van der Waals surface area (Å²) in [7, 11) is 0. The Kier molecular flexibility index (Phi) is 5.40. The first-order chi connectivity index (χ1) is 13.7. The lowest BCUT2D eigenvalue weighted by Crippen LogP contribution is -2.49. The highest BCUT2D eigenvalue weighted by atomic mass is 16.3. The number of fused-ring (bicyclic) bond motifs is 1. The molecule has 1 aliphatic rings. The maximum Gasteiger partial charge on any atom is 0.237 e. The first-order valence-electron chi connectivity index (χ1n) is 9.59. The van der Waals surface area contributed by atoms with Gasteiger partial charge in [-0.2, -0.15) is 0 Å². The zero-order valence-corrected chi connectivity index (χ0v) is 15.7. The van der Waals surface area contributed by atoms with E-state index in [0.29, 0.717) is 19.5 Å². The molecule has 28 heavy (non-hydrogen) atoms. The second kappa shape index (κ2) is 8.28. The van der Waals surface area contributed by atoms with Gasteiger partial charge >= 0.3 is 0 Å². The fraction of sp³-hybridized carbons (Fsp3) is 0.208. The maximum absolute atomic E-state index is 13.0. The number of amides is 1. The van der Waals surface area contributed by atoms with Crippen LogP contribution in [0.1, 0.15) is 22.3 Å². The molecule has 1 amide bonds. The molecule has 0 saturated carbocycles. The zero-order valence-electron chi connectivity index (χ0n) is 15.7. The number of carbonyl (C=O) groups excluding carboxylic acids is 1. The van der Waals surface area contributed by atoms with Crippen LogP contribution in [0.5, 0.6) is 5.75 Å². The summed E-state index contributed by atoms with van der Waals surface area (Å²) in [6.45, 7) is 1.93. The van der Waals surface area contributed by atoms with Gasteiger partial charge in [-0.15, -0.1) is 0 Å².